The van der Waals surface area contributed by atoms with Crippen LogP contribution >= 0.6 is 0 Å². The molecule has 0 aliphatic carbocycles. The van der Waals surface area contributed by atoms with Gasteiger partial charge in [-0.15, -0.1) is 0 Å². The Kier molecular flexibility index (Phi) is 4.37. The van der Waals surface area contributed by atoms with Crippen molar-refractivity contribution >= 4 is 11.7 Å². The molecular weight excluding hydrogens is 266 g/mol. The van der Waals surface area contributed by atoms with E-state index in [1.54, 1.807) is 6.20 Å². The summed E-state index contributed by atoms with van der Waals surface area (Å²) < 4.78 is 0. The van der Waals surface area contributed by atoms with Gasteiger partial charge in [0.25, 0.3) is 0 Å². The molecule has 0 saturated heterocycles. The minimum Gasteiger partial charge on any atom is -0.409 e. The van der Waals surface area contributed by atoms with Crippen LogP contribution in [0.2, 0.25) is 0 Å². The summed E-state index contributed by atoms with van der Waals surface area (Å²) in [7, 11) is 1.92. The summed E-state index contributed by atoms with van der Waals surface area (Å²) in [5.74, 6) is 0.750. The van der Waals surface area contributed by atoms with E-state index < -0.39 is 0 Å². The molecule has 2 aromatic heterocycles. The maximum atomic E-state index is 8.98. The highest BCUT2D eigenvalue weighted by molar-refractivity contribution is 6.02. The standard InChI is InChI=1S/C15H19N5O/c1-10-7-11(2)18-15(13(10)14(16)19-21)20(3)9-12-5-4-6-17-8-12/h4-8,21H,9H2,1-3H3,(H2,16,19). The Morgan fingerprint density at radius 2 is 2.19 bits per heavy atom. The van der Waals surface area contributed by atoms with Crippen molar-refractivity contribution in [2.45, 2.75) is 20.4 Å². The van der Waals surface area contributed by atoms with Gasteiger partial charge in [0.05, 0.1) is 5.56 Å². The highest BCUT2D eigenvalue weighted by Crippen LogP contribution is 2.22. The second-order valence-corrected chi connectivity index (χ2v) is 4.98. The topological polar surface area (TPSA) is 87.6 Å². The number of hydrogen-bond acceptors (Lipinski definition) is 5. The molecule has 0 spiro atoms. The lowest BCUT2D eigenvalue weighted by atomic mass is 10.1. The van der Waals surface area contributed by atoms with Gasteiger partial charge in [0.2, 0.25) is 0 Å². The first-order valence-corrected chi connectivity index (χ1v) is 6.59. The summed E-state index contributed by atoms with van der Waals surface area (Å²) in [6.45, 7) is 4.48. The van der Waals surface area contributed by atoms with Gasteiger partial charge in [0.1, 0.15) is 5.82 Å². The molecule has 0 aliphatic heterocycles. The third-order valence-electron chi connectivity index (χ3n) is 3.19. The second kappa shape index (κ2) is 6.21. The van der Waals surface area contributed by atoms with Crippen molar-refractivity contribution in [3.8, 4) is 0 Å². The van der Waals surface area contributed by atoms with E-state index in [0.29, 0.717) is 17.9 Å². The van der Waals surface area contributed by atoms with Crippen LogP contribution in [0.25, 0.3) is 0 Å². The molecule has 0 atom stereocenters. The van der Waals surface area contributed by atoms with Crippen LogP contribution in [0.15, 0.2) is 35.7 Å². The van der Waals surface area contributed by atoms with Gasteiger partial charge < -0.3 is 15.8 Å². The van der Waals surface area contributed by atoms with Gasteiger partial charge in [-0.3, -0.25) is 4.98 Å². The zero-order valence-electron chi connectivity index (χ0n) is 12.4. The SMILES string of the molecule is Cc1cc(C)c(/C(N)=N/O)c(N(C)Cc2cccnc2)n1. The van der Waals surface area contributed by atoms with Crippen LogP contribution in [0.1, 0.15) is 22.4 Å². The van der Waals surface area contributed by atoms with Crippen molar-refractivity contribution in [1.29, 1.82) is 0 Å². The van der Waals surface area contributed by atoms with Gasteiger partial charge in [-0.1, -0.05) is 11.2 Å². The Morgan fingerprint density at radius 3 is 2.81 bits per heavy atom. The Hall–Kier alpha value is -2.63. The molecule has 2 rings (SSSR count). The smallest absolute Gasteiger partial charge is 0.174 e. The van der Waals surface area contributed by atoms with Crippen LogP contribution in [0.3, 0.4) is 0 Å². The summed E-state index contributed by atoms with van der Waals surface area (Å²) in [5, 5.41) is 12.1. The van der Waals surface area contributed by atoms with Crippen molar-refractivity contribution in [1.82, 2.24) is 9.97 Å². The lowest BCUT2D eigenvalue weighted by Gasteiger charge is -2.22. The van der Waals surface area contributed by atoms with E-state index in [0.717, 1.165) is 16.8 Å². The summed E-state index contributed by atoms with van der Waals surface area (Å²) in [6, 6.07) is 5.80. The lowest BCUT2D eigenvalue weighted by molar-refractivity contribution is 0.318. The van der Waals surface area contributed by atoms with Crippen LogP contribution < -0.4 is 10.6 Å². The second-order valence-electron chi connectivity index (χ2n) is 4.98. The molecule has 110 valence electrons. The quantitative estimate of drug-likeness (QED) is 0.387. The first-order valence-electron chi connectivity index (χ1n) is 6.59. The predicted molar refractivity (Wildman–Crippen MR) is 82.6 cm³/mol. The monoisotopic (exact) mass is 285 g/mol. The summed E-state index contributed by atoms with van der Waals surface area (Å²) in [5.41, 5.74) is 9.31. The van der Waals surface area contributed by atoms with Crippen LogP contribution in [0, 0.1) is 13.8 Å². The van der Waals surface area contributed by atoms with Crippen LogP contribution in [0.5, 0.6) is 0 Å². The summed E-state index contributed by atoms with van der Waals surface area (Å²) >= 11 is 0. The van der Waals surface area contributed by atoms with Gasteiger partial charge in [-0.05, 0) is 37.1 Å². The van der Waals surface area contributed by atoms with Crippen LogP contribution in [0.4, 0.5) is 5.82 Å². The molecule has 0 aromatic carbocycles. The van der Waals surface area contributed by atoms with E-state index in [-0.39, 0.29) is 5.84 Å². The lowest BCUT2D eigenvalue weighted by Crippen LogP contribution is -2.25. The highest BCUT2D eigenvalue weighted by atomic mass is 16.4. The van der Waals surface area contributed by atoms with Gasteiger partial charge in [0.15, 0.2) is 5.84 Å². The van der Waals surface area contributed by atoms with Gasteiger partial charge in [-0.25, -0.2) is 4.98 Å². The largest absolute Gasteiger partial charge is 0.409 e. The molecule has 0 saturated carbocycles. The number of aryl methyl sites for hydroxylation is 2. The predicted octanol–water partition coefficient (Wildman–Crippen LogP) is 1.82. The molecule has 2 aromatic rings. The molecular formula is C15H19N5O. The maximum Gasteiger partial charge on any atom is 0.174 e. The molecule has 0 aliphatic rings. The minimum absolute atomic E-state index is 0.0630. The van der Waals surface area contributed by atoms with Crippen LogP contribution in [-0.2, 0) is 6.54 Å². The molecule has 0 unspecified atom stereocenters. The molecule has 0 amide bonds. The zero-order valence-corrected chi connectivity index (χ0v) is 12.4. The number of oxime groups is 1. The van der Waals surface area contributed by atoms with E-state index in [4.69, 9.17) is 10.9 Å². The molecule has 0 radical (unpaired) electrons. The van der Waals surface area contributed by atoms with Crippen molar-refractivity contribution in [3.05, 3.63) is 53.0 Å². The first kappa shape index (κ1) is 14.8. The highest BCUT2D eigenvalue weighted by Gasteiger charge is 2.16. The molecule has 3 N–H and O–H groups in total. The van der Waals surface area contributed by atoms with Crippen molar-refractivity contribution in [3.63, 3.8) is 0 Å². The Labute approximate surface area is 123 Å². The van der Waals surface area contributed by atoms with Crippen molar-refractivity contribution < 1.29 is 5.21 Å². The van der Waals surface area contributed by atoms with Crippen LogP contribution in [-0.4, -0.2) is 28.1 Å². The van der Waals surface area contributed by atoms with Crippen molar-refractivity contribution in [2.24, 2.45) is 10.9 Å². The fourth-order valence-electron chi connectivity index (χ4n) is 2.30. The van der Waals surface area contributed by atoms with Crippen molar-refractivity contribution in [2.75, 3.05) is 11.9 Å². The van der Waals surface area contributed by atoms with E-state index >= 15 is 0 Å². The zero-order chi connectivity index (χ0) is 15.4. The van der Waals surface area contributed by atoms with Gasteiger partial charge >= 0.3 is 0 Å². The number of pyridine rings is 2. The normalized spacial score (nSPS) is 11.5. The maximum absolute atomic E-state index is 8.98. The average molecular weight is 285 g/mol. The fraction of sp³-hybridized carbons (Fsp3) is 0.267. The first-order chi connectivity index (χ1) is 10.0. The number of anilines is 1. The molecule has 21 heavy (non-hydrogen) atoms. The third-order valence-corrected chi connectivity index (χ3v) is 3.19. The van der Waals surface area contributed by atoms with E-state index in [1.807, 2.05) is 50.2 Å². The molecule has 6 nitrogen and oxygen atoms in total. The van der Waals surface area contributed by atoms with E-state index in [9.17, 15) is 0 Å². The molecule has 2 heterocycles. The number of nitrogens with zero attached hydrogens (tertiary/aromatic N) is 4. The van der Waals surface area contributed by atoms with E-state index in [1.165, 1.54) is 0 Å². The Bertz CT molecular complexity index is 655. The third kappa shape index (κ3) is 3.28. The minimum atomic E-state index is 0.0630. The summed E-state index contributed by atoms with van der Waals surface area (Å²) in [6.07, 6.45) is 3.54. The van der Waals surface area contributed by atoms with Gasteiger partial charge in [0, 0.05) is 31.7 Å². The number of hydrogen-bond donors (Lipinski definition) is 2. The number of nitrogens with two attached hydrogens (primary N) is 1. The Balaban J connectivity index is 2.42. The number of aromatic nitrogens is 2. The molecule has 6 heteroatoms. The molecule has 0 fully saturated rings. The summed E-state index contributed by atoms with van der Waals surface area (Å²) in [4.78, 5) is 10.6. The van der Waals surface area contributed by atoms with E-state index in [2.05, 4.69) is 15.1 Å². The fourth-order valence-corrected chi connectivity index (χ4v) is 2.30. The average Bonchev–Trinajstić information content (AvgIpc) is 2.46. The number of amidine groups is 1. The molecule has 0 bridgehead atoms. The van der Waals surface area contributed by atoms with Gasteiger partial charge in [-0.2, -0.15) is 0 Å². The Morgan fingerprint density at radius 1 is 1.43 bits per heavy atom. The number of rotatable bonds is 4.